The second-order valence-electron chi connectivity index (χ2n) is 27.1. The molecule has 0 bridgehead atoms. The fraction of sp³-hybridized carbons (Fsp3) is 0.282. The summed E-state index contributed by atoms with van der Waals surface area (Å²) in [7, 11) is 6.01. The number of fused-ring (bicyclic) bond motifs is 6. The van der Waals surface area contributed by atoms with Gasteiger partial charge in [0.15, 0.2) is 56.3 Å². The maximum absolute atomic E-state index is 14.3. The highest BCUT2D eigenvalue weighted by atomic mass is 79.9. The predicted octanol–water partition coefficient (Wildman–Crippen LogP) is 16.0. The van der Waals surface area contributed by atoms with Crippen LogP contribution < -0.4 is 62.1 Å². The van der Waals surface area contributed by atoms with Crippen LogP contribution in [0.4, 0.5) is 17.1 Å². The lowest BCUT2D eigenvalue weighted by Crippen LogP contribution is -2.44. The van der Waals surface area contributed by atoms with Gasteiger partial charge in [0.1, 0.15) is 28.3 Å². The number of carbonyl (C=O) groups excluding carboxylic acids is 3. The average Bonchev–Trinajstić information content (AvgIpc) is 1.55. The van der Waals surface area contributed by atoms with Crippen LogP contribution in [0.5, 0.6) is 58.3 Å². The van der Waals surface area contributed by atoms with Gasteiger partial charge < -0.3 is 61.1 Å². The van der Waals surface area contributed by atoms with Gasteiger partial charge in [-0.3, -0.25) is 29.1 Å². The van der Waals surface area contributed by atoms with Crippen LogP contribution in [0.25, 0.3) is 22.8 Å². The Morgan fingerprint density at radius 1 is 0.398 bits per heavy atom. The fourth-order valence-corrected chi connectivity index (χ4v) is 16.2. The summed E-state index contributed by atoms with van der Waals surface area (Å²) in [6, 6.07) is 39.4. The minimum absolute atomic E-state index is 0.0841. The van der Waals surface area contributed by atoms with E-state index in [1.54, 1.807) is 27.1 Å². The van der Waals surface area contributed by atoms with Crippen molar-refractivity contribution in [3.05, 3.63) is 210 Å². The number of hydrogen-bond donors (Lipinski definition) is 0. The van der Waals surface area contributed by atoms with Crippen molar-refractivity contribution in [3.8, 4) is 81.1 Å². The molecule has 554 valence electrons. The number of nitrogens with zero attached hydrogens (tertiary/aromatic N) is 13. The zero-order valence-electron chi connectivity index (χ0n) is 60.8. The number of benzene rings is 6. The zero-order valence-corrected chi connectivity index (χ0v) is 64.6. The lowest BCUT2D eigenvalue weighted by atomic mass is 9.87. The molecule has 6 aliphatic heterocycles. The van der Waals surface area contributed by atoms with Gasteiger partial charge in [-0.1, -0.05) is 71.2 Å². The quantitative estimate of drug-likeness (QED) is 0.0923. The standard InChI is InChI=1S/2C28H26ClN5O5.C22H19BrClN3O3/c2*1-15(2)33-23-22(31-24(33)19-13-30-27(37-5)32-25(19)36-4)26(35)34(18-10-11-20-21(12-18)39-14-38-20)28(23,3)16-6-8-17(29)9-7-16;1-12(2)26-19-18(25-21(26)23)20(28)27(15-8-9-16-17(10-15)30-11-29-16)22(19,3)13-4-6-14(24)7-5-13/h2*6-13,15H,14H2,1-5H3;4-10,12H,11H2,1-3H3/t2*28-;/m10./s1. The van der Waals surface area contributed by atoms with Crippen molar-refractivity contribution < 1.29 is 61.8 Å². The molecule has 6 aromatic carbocycles. The van der Waals surface area contributed by atoms with Crippen LogP contribution in [0.15, 0.2) is 145 Å². The van der Waals surface area contributed by atoms with Crippen molar-refractivity contribution in [1.82, 2.24) is 48.6 Å². The molecule has 11 heterocycles. The molecule has 30 heteroatoms. The Morgan fingerprint density at radius 2 is 0.694 bits per heavy atom. The summed E-state index contributed by atoms with van der Waals surface area (Å²) >= 11 is 22.2. The van der Waals surface area contributed by atoms with Crippen LogP contribution >= 0.6 is 50.7 Å². The Labute approximate surface area is 644 Å². The van der Waals surface area contributed by atoms with Gasteiger partial charge in [0.2, 0.25) is 32.1 Å². The lowest BCUT2D eigenvalue weighted by Gasteiger charge is -2.38. The van der Waals surface area contributed by atoms with Crippen molar-refractivity contribution in [1.29, 1.82) is 0 Å². The molecule has 6 aliphatic rings. The monoisotopic (exact) mass is 1580 g/mol. The molecule has 3 amide bonds. The van der Waals surface area contributed by atoms with Crippen molar-refractivity contribution >= 4 is 85.5 Å². The topological polar surface area (TPSA) is 258 Å². The number of aromatic nitrogens is 10. The van der Waals surface area contributed by atoms with Gasteiger partial charge in [-0.05, 0) is 168 Å². The number of hydrogen-bond acceptors (Lipinski definition) is 20. The number of halogens is 4. The molecule has 0 saturated heterocycles. The van der Waals surface area contributed by atoms with Crippen LogP contribution in [0.1, 0.15) is 146 Å². The Hall–Kier alpha value is -11.1. The summed E-state index contributed by atoms with van der Waals surface area (Å²) in [5.41, 5.74) is 6.45. The van der Waals surface area contributed by atoms with Gasteiger partial charge in [-0.25, -0.2) is 24.9 Å². The third-order valence-electron chi connectivity index (χ3n) is 19.9. The highest BCUT2D eigenvalue weighted by Gasteiger charge is 2.57. The molecule has 0 fully saturated rings. The number of methoxy groups -OCH3 is 4. The molecule has 108 heavy (non-hydrogen) atoms. The summed E-state index contributed by atoms with van der Waals surface area (Å²) in [5, 5.41) is 1.83. The van der Waals surface area contributed by atoms with E-state index in [-0.39, 0.29) is 68.2 Å². The molecule has 3 atom stereocenters. The zero-order chi connectivity index (χ0) is 76.2. The molecule has 11 aromatic rings. The largest absolute Gasteiger partial charge is 0.480 e. The molecule has 0 saturated carbocycles. The van der Waals surface area contributed by atoms with E-state index in [4.69, 9.17) is 92.1 Å². The minimum atomic E-state index is -0.958. The van der Waals surface area contributed by atoms with E-state index in [2.05, 4.69) is 59.3 Å². The number of carbonyl (C=O) groups is 3. The van der Waals surface area contributed by atoms with Crippen LogP contribution in [0.2, 0.25) is 15.1 Å². The SMILES string of the molecule is CC(C)n1c(Br)nc2c1C(C)(c1ccc(Cl)cc1)N(c1ccc3c(c1)OCO3)C2=O.COc1ncc(-c2nc3c(n2C(C)C)[C@@](C)(c2ccc(Cl)cc2)N(c2ccc4c(c2)OCO4)C3=O)c(OC)n1.COc1ncc(-c2nc3c(n2C(C)C)[C@](C)(c2ccc(Cl)cc2)N(c2ccc4c(c2)OCO4)C3=O)c(OC)n1. The van der Waals surface area contributed by atoms with E-state index in [1.165, 1.54) is 28.4 Å². The first kappa shape index (κ1) is 72.4. The van der Waals surface area contributed by atoms with E-state index < -0.39 is 16.6 Å². The van der Waals surface area contributed by atoms with Crippen molar-refractivity contribution in [2.75, 3.05) is 63.5 Å². The summed E-state index contributed by atoms with van der Waals surface area (Å²) in [5.74, 6) is 4.67. The Kier molecular flexibility index (Phi) is 18.7. The van der Waals surface area contributed by atoms with Crippen LogP contribution in [0, 0.1) is 0 Å². The molecule has 5 aromatic heterocycles. The Balaban J connectivity index is 0.000000130. The molecule has 0 aliphatic carbocycles. The molecular formula is C78H71BrCl3N13O13. The van der Waals surface area contributed by atoms with Gasteiger partial charge in [-0.15, -0.1) is 0 Å². The first-order chi connectivity index (χ1) is 51.9. The number of imidazole rings is 3. The second-order valence-corrected chi connectivity index (χ2v) is 29.1. The van der Waals surface area contributed by atoms with Gasteiger partial charge >= 0.3 is 12.0 Å². The van der Waals surface area contributed by atoms with Crippen LogP contribution in [0.3, 0.4) is 0 Å². The Morgan fingerprint density at radius 3 is 0.991 bits per heavy atom. The third-order valence-corrected chi connectivity index (χ3v) is 21.3. The van der Waals surface area contributed by atoms with E-state index in [9.17, 15) is 14.4 Å². The van der Waals surface area contributed by atoms with Crippen molar-refractivity contribution in [2.45, 2.75) is 97.1 Å². The van der Waals surface area contributed by atoms with E-state index in [0.717, 1.165) is 33.8 Å². The first-order valence-corrected chi connectivity index (χ1v) is 36.2. The van der Waals surface area contributed by atoms with Gasteiger partial charge in [0.05, 0.1) is 56.6 Å². The molecule has 17 rings (SSSR count). The molecular weight excluding hydrogens is 1510 g/mol. The summed E-state index contributed by atoms with van der Waals surface area (Å²) in [6.07, 6.45) is 3.20. The molecule has 1 unspecified atom stereocenters. The van der Waals surface area contributed by atoms with Crippen LogP contribution in [-0.2, 0) is 16.6 Å². The van der Waals surface area contributed by atoms with E-state index in [1.807, 2.05) is 185 Å². The normalized spacial score (nSPS) is 18.2. The predicted molar refractivity (Wildman–Crippen MR) is 406 cm³/mol. The second kappa shape index (κ2) is 27.9. The maximum Gasteiger partial charge on any atom is 0.319 e. The van der Waals surface area contributed by atoms with Gasteiger partial charge in [0.25, 0.3) is 17.7 Å². The van der Waals surface area contributed by atoms with Crippen LogP contribution in [-0.4, -0.2) is 115 Å². The average molecular weight is 1580 g/mol. The van der Waals surface area contributed by atoms with Gasteiger partial charge in [-0.2, -0.15) is 9.97 Å². The van der Waals surface area contributed by atoms with E-state index in [0.29, 0.717) is 123 Å². The van der Waals surface area contributed by atoms with Gasteiger partial charge in [0, 0.05) is 80.8 Å². The molecule has 0 radical (unpaired) electrons. The Bertz CT molecular complexity index is 5190. The fourth-order valence-electron chi connectivity index (χ4n) is 15.1. The summed E-state index contributed by atoms with van der Waals surface area (Å²) in [6.45, 7) is 18.8. The lowest BCUT2D eigenvalue weighted by molar-refractivity contribution is 0.0972. The van der Waals surface area contributed by atoms with E-state index >= 15 is 0 Å². The first-order valence-electron chi connectivity index (χ1n) is 34.3. The number of ether oxygens (including phenoxy) is 10. The maximum atomic E-state index is 14.3. The molecule has 0 N–H and O–H groups in total. The minimum Gasteiger partial charge on any atom is -0.480 e. The number of amides is 3. The molecule has 26 nitrogen and oxygen atoms in total. The summed E-state index contributed by atoms with van der Waals surface area (Å²) in [4.78, 5) is 79.2. The molecule has 0 spiro atoms. The van der Waals surface area contributed by atoms with Crippen molar-refractivity contribution in [2.24, 2.45) is 0 Å². The summed E-state index contributed by atoms with van der Waals surface area (Å²) < 4.78 is 61.6. The highest BCUT2D eigenvalue weighted by molar-refractivity contribution is 9.10. The smallest absolute Gasteiger partial charge is 0.319 e. The van der Waals surface area contributed by atoms with Crippen molar-refractivity contribution in [3.63, 3.8) is 0 Å². The highest BCUT2D eigenvalue weighted by Crippen LogP contribution is 2.55. The number of anilines is 3. The number of rotatable bonds is 15. The third kappa shape index (κ3) is 11.7.